The molecule has 1 aliphatic heterocycles. The van der Waals surface area contributed by atoms with Crippen LogP contribution in [-0.4, -0.2) is 53.5 Å². The Balaban J connectivity index is 1.46. The van der Waals surface area contributed by atoms with Crippen molar-refractivity contribution in [3.8, 4) is 5.75 Å². The molecular weight excluding hydrogens is 346 g/mol. The van der Waals surface area contributed by atoms with Gasteiger partial charge in [-0.15, -0.1) is 0 Å². The first-order valence-electron chi connectivity index (χ1n) is 9.04. The molecule has 1 aromatic carbocycles. The maximum atomic E-state index is 11.1. The largest absolute Gasteiger partial charge is 0.492 e. The van der Waals surface area contributed by atoms with Gasteiger partial charge in [-0.05, 0) is 35.9 Å². The molecule has 144 valence electrons. The Bertz CT molecular complexity index is 749. The predicted molar refractivity (Wildman–Crippen MR) is 101 cm³/mol. The van der Waals surface area contributed by atoms with E-state index in [2.05, 4.69) is 17.0 Å². The van der Waals surface area contributed by atoms with Crippen molar-refractivity contribution < 1.29 is 19.5 Å². The minimum Gasteiger partial charge on any atom is -0.492 e. The van der Waals surface area contributed by atoms with Crippen LogP contribution < -0.4 is 10.2 Å². The molecule has 2 N–H and O–H groups in total. The molecular formula is C20H25N3O4. The van der Waals surface area contributed by atoms with Crippen LogP contribution in [0.2, 0.25) is 0 Å². The van der Waals surface area contributed by atoms with Crippen LogP contribution in [0.3, 0.4) is 0 Å². The lowest BCUT2D eigenvalue weighted by Crippen LogP contribution is -2.35. The summed E-state index contributed by atoms with van der Waals surface area (Å²) < 4.78 is 13.2. The van der Waals surface area contributed by atoms with Crippen LogP contribution in [0, 0.1) is 0 Å². The van der Waals surface area contributed by atoms with Crippen molar-refractivity contribution >= 4 is 12.0 Å². The molecule has 1 aromatic heterocycles. The summed E-state index contributed by atoms with van der Waals surface area (Å²) in [5.74, 6) is 0.279. The number of nitrogens with zero attached hydrogens (tertiary/aromatic N) is 2. The molecule has 1 aliphatic rings. The molecule has 7 heteroatoms. The van der Waals surface area contributed by atoms with E-state index in [-0.39, 0.29) is 0 Å². The molecule has 1 saturated heterocycles. The molecule has 0 radical (unpaired) electrons. The maximum absolute atomic E-state index is 11.1. The van der Waals surface area contributed by atoms with Crippen LogP contribution in [0.4, 0.5) is 0 Å². The minimum absolute atomic E-state index is 0.518. The number of amides is 1. The van der Waals surface area contributed by atoms with Gasteiger partial charge >= 0.3 is 0 Å². The maximum Gasteiger partial charge on any atom is 0.267 e. The molecule has 0 spiro atoms. The lowest BCUT2D eigenvalue weighted by Gasteiger charge is -2.26. The second-order valence-electron chi connectivity index (χ2n) is 6.32. The van der Waals surface area contributed by atoms with Crippen molar-refractivity contribution in [3.63, 3.8) is 0 Å². The van der Waals surface area contributed by atoms with Crippen LogP contribution in [-0.2, 0) is 22.6 Å². The lowest BCUT2D eigenvalue weighted by atomic mass is 10.2. The topological polar surface area (TPSA) is 76.0 Å². The Labute approximate surface area is 158 Å². The number of hydrogen-bond donors (Lipinski definition) is 2. The van der Waals surface area contributed by atoms with Crippen molar-refractivity contribution in [1.29, 1.82) is 0 Å². The standard InChI is InChI=1S/C20H25N3O4/c24-20(21-25)8-5-18-2-1-9-23(18)12-15-27-19-6-3-17(4-7-19)16-22-10-13-26-14-11-22/h1-9,25H,10-16H2,(H,21,24). The molecule has 2 heterocycles. The van der Waals surface area contributed by atoms with Crippen LogP contribution in [0.1, 0.15) is 11.3 Å². The van der Waals surface area contributed by atoms with E-state index in [9.17, 15) is 4.79 Å². The van der Waals surface area contributed by atoms with Gasteiger partial charge in [0, 0.05) is 37.6 Å². The number of hydrogen-bond acceptors (Lipinski definition) is 5. The molecule has 0 aliphatic carbocycles. The Morgan fingerprint density at radius 1 is 1.22 bits per heavy atom. The minimum atomic E-state index is -0.559. The highest BCUT2D eigenvalue weighted by atomic mass is 16.5. The summed E-state index contributed by atoms with van der Waals surface area (Å²) in [6.45, 7) is 5.68. The summed E-state index contributed by atoms with van der Waals surface area (Å²) >= 11 is 0. The van der Waals surface area contributed by atoms with Crippen molar-refractivity contribution in [2.45, 2.75) is 13.1 Å². The van der Waals surface area contributed by atoms with Gasteiger partial charge in [0.25, 0.3) is 5.91 Å². The number of rotatable bonds is 8. The van der Waals surface area contributed by atoms with E-state index >= 15 is 0 Å². The number of hydroxylamine groups is 1. The molecule has 2 aromatic rings. The number of carbonyl (C=O) groups is 1. The zero-order chi connectivity index (χ0) is 18.9. The van der Waals surface area contributed by atoms with E-state index in [0.29, 0.717) is 13.2 Å². The number of nitrogens with one attached hydrogen (secondary N) is 1. The van der Waals surface area contributed by atoms with E-state index < -0.39 is 5.91 Å². The molecule has 0 saturated carbocycles. The van der Waals surface area contributed by atoms with E-state index in [1.807, 2.05) is 35.0 Å². The average Bonchev–Trinajstić information content (AvgIpc) is 3.15. The first kappa shape index (κ1) is 19.2. The molecule has 7 nitrogen and oxygen atoms in total. The summed E-state index contributed by atoms with van der Waals surface area (Å²) in [6, 6.07) is 12.0. The molecule has 1 amide bonds. The summed E-state index contributed by atoms with van der Waals surface area (Å²) in [7, 11) is 0. The van der Waals surface area contributed by atoms with Gasteiger partial charge in [-0.3, -0.25) is 14.9 Å². The molecule has 27 heavy (non-hydrogen) atoms. The van der Waals surface area contributed by atoms with Crippen molar-refractivity contribution in [1.82, 2.24) is 14.9 Å². The van der Waals surface area contributed by atoms with Crippen molar-refractivity contribution in [2.24, 2.45) is 0 Å². The lowest BCUT2D eigenvalue weighted by molar-refractivity contribution is -0.124. The summed E-state index contributed by atoms with van der Waals surface area (Å²) in [4.78, 5) is 13.5. The van der Waals surface area contributed by atoms with Crippen LogP contribution in [0.25, 0.3) is 6.08 Å². The van der Waals surface area contributed by atoms with Gasteiger partial charge in [0.1, 0.15) is 12.4 Å². The average molecular weight is 371 g/mol. The SMILES string of the molecule is O=C(C=Cc1cccn1CCOc1ccc(CN2CCOCC2)cc1)NO. The third-order valence-electron chi connectivity index (χ3n) is 4.41. The Morgan fingerprint density at radius 3 is 2.74 bits per heavy atom. The van der Waals surface area contributed by atoms with Gasteiger partial charge in [-0.1, -0.05) is 12.1 Å². The van der Waals surface area contributed by atoms with Gasteiger partial charge in [-0.25, -0.2) is 5.48 Å². The first-order valence-corrected chi connectivity index (χ1v) is 9.04. The molecule has 0 bridgehead atoms. The van der Waals surface area contributed by atoms with E-state index in [4.69, 9.17) is 14.7 Å². The molecule has 0 atom stereocenters. The number of benzene rings is 1. The number of morpholine rings is 1. The normalized spacial score (nSPS) is 15.1. The second kappa shape index (κ2) is 9.91. The van der Waals surface area contributed by atoms with Crippen molar-refractivity contribution in [3.05, 3.63) is 59.9 Å². The van der Waals surface area contributed by atoms with Crippen molar-refractivity contribution in [2.75, 3.05) is 32.9 Å². The third-order valence-corrected chi connectivity index (χ3v) is 4.41. The quantitative estimate of drug-likeness (QED) is 0.421. The Kier molecular flexibility index (Phi) is 7.04. The predicted octanol–water partition coefficient (Wildman–Crippen LogP) is 1.92. The number of ether oxygens (including phenoxy) is 2. The Morgan fingerprint density at radius 2 is 2.00 bits per heavy atom. The summed E-state index contributed by atoms with van der Waals surface area (Å²) in [5.41, 5.74) is 3.70. The fourth-order valence-electron chi connectivity index (χ4n) is 2.95. The molecule has 3 rings (SSSR count). The van der Waals surface area contributed by atoms with Crippen LogP contribution >= 0.6 is 0 Å². The van der Waals surface area contributed by atoms with Crippen LogP contribution in [0.5, 0.6) is 5.75 Å². The second-order valence-corrected chi connectivity index (χ2v) is 6.32. The van der Waals surface area contributed by atoms with E-state index in [1.54, 1.807) is 11.6 Å². The van der Waals surface area contributed by atoms with E-state index in [1.165, 1.54) is 11.6 Å². The highest BCUT2D eigenvalue weighted by molar-refractivity contribution is 5.90. The summed E-state index contributed by atoms with van der Waals surface area (Å²) in [6.07, 6.45) is 4.84. The van der Waals surface area contributed by atoms with Gasteiger partial charge in [0.05, 0.1) is 19.8 Å². The zero-order valence-electron chi connectivity index (χ0n) is 15.2. The highest BCUT2D eigenvalue weighted by Crippen LogP contribution is 2.15. The number of aromatic nitrogens is 1. The van der Waals surface area contributed by atoms with E-state index in [0.717, 1.165) is 44.3 Å². The first-order chi connectivity index (χ1) is 13.2. The molecule has 0 unspecified atom stereocenters. The monoisotopic (exact) mass is 371 g/mol. The highest BCUT2D eigenvalue weighted by Gasteiger charge is 2.10. The van der Waals surface area contributed by atoms with Gasteiger partial charge < -0.3 is 14.0 Å². The molecule has 1 fully saturated rings. The zero-order valence-corrected chi connectivity index (χ0v) is 15.2. The van der Waals surface area contributed by atoms with Gasteiger partial charge in [-0.2, -0.15) is 0 Å². The van der Waals surface area contributed by atoms with Gasteiger partial charge in [0.2, 0.25) is 0 Å². The van der Waals surface area contributed by atoms with Crippen LogP contribution in [0.15, 0.2) is 48.7 Å². The smallest absolute Gasteiger partial charge is 0.267 e. The Hall–Kier alpha value is -2.61. The number of carbonyl (C=O) groups excluding carboxylic acids is 1. The summed E-state index contributed by atoms with van der Waals surface area (Å²) in [5, 5.41) is 8.53. The fraction of sp³-hybridized carbons (Fsp3) is 0.350. The third kappa shape index (κ3) is 5.96. The fourth-order valence-corrected chi connectivity index (χ4v) is 2.95. The van der Waals surface area contributed by atoms with Gasteiger partial charge in [0.15, 0.2) is 0 Å².